The number of rotatable bonds is 3. The molecule has 5 heteroatoms. The zero-order chi connectivity index (χ0) is 9.84. The summed E-state index contributed by atoms with van der Waals surface area (Å²) < 4.78 is 17.7. The number of hydrogen-bond donors (Lipinski definition) is 0. The lowest BCUT2D eigenvalue weighted by molar-refractivity contribution is 0.111. The zero-order valence-electron chi connectivity index (χ0n) is 6.88. The van der Waals surface area contributed by atoms with E-state index in [2.05, 4.69) is 4.98 Å². The Morgan fingerprint density at radius 2 is 2.46 bits per heavy atom. The molecule has 0 aromatic carbocycles. The van der Waals surface area contributed by atoms with Crippen molar-refractivity contribution in [1.82, 2.24) is 4.98 Å². The molecule has 0 aliphatic rings. The lowest BCUT2D eigenvalue weighted by Crippen LogP contribution is -1.99. The monoisotopic (exact) mass is 203 g/mol. The first-order chi connectivity index (χ1) is 6.19. The molecule has 0 N–H and O–H groups in total. The zero-order valence-corrected chi connectivity index (χ0v) is 7.64. The number of halogens is 2. The van der Waals surface area contributed by atoms with Crippen molar-refractivity contribution in [1.29, 1.82) is 0 Å². The summed E-state index contributed by atoms with van der Waals surface area (Å²) in [4.78, 5) is 13.8. The molecule has 70 valence electrons. The predicted molar refractivity (Wildman–Crippen MR) is 45.3 cm³/mol. The summed E-state index contributed by atoms with van der Waals surface area (Å²) in [7, 11) is 1.46. The summed E-state index contributed by atoms with van der Waals surface area (Å²) in [5, 5.41) is 0.0883. The number of hydrogen-bond acceptors (Lipinski definition) is 3. The third-order valence-electron chi connectivity index (χ3n) is 1.44. The molecule has 0 saturated heterocycles. The molecule has 0 unspecified atom stereocenters. The maximum absolute atomic E-state index is 12.9. The molecule has 3 nitrogen and oxygen atoms in total. The van der Waals surface area contributed by atoms with Crippen LogP contribution in [-0.4, -0.2) is 18.4 Å². The largest absolute Gasteiger partial charge is 0.380 e. The summed E-state index contributed by atoms with van der Waals surface area (Å²) in [5.74, 6) is -0.688. The third-order valence-corrected chi connectivity index (χ3v) is 1.77. The van der Waals surface area contributed by atoms with Gasteiger partial charge in [-0.2, -0.15) is 0 Å². The lowest BCUT2D eigenvalue weighted by atomic mass is 10.2. The molecule has 0 saturated carbocycles. The minimum atomic E-state index is -0.688. The molecule has 1 heterocycles. The van der Waals surface area contributed by atoms with Crippen molar-refractivity contribution < 1.29 is 13.9 Å². The van der Waals surface area contributed by atoms with Crippen LogP contribution in [0.15, 0.2) is 6.07 Å². The summed E-state index contributed by atoms with van der Waals surface area (Å²) >= 11 is 5.64. The van der Waals surface area contributed by atoms with Gasteiger partial charge in [-0.25, -0.2) is 9.37 Å². The first-order valence-corrected chi connectivity index (χ1v) is 3.86. The fourth-order valence-electron chi connectivity index (χ4n) is 0.857. The molecule has 0 fully saturated rings. The van der Waals surface area contributed by atoms with Crippen LogP contribution in [0.4, 0.5) is 4.39 Å². The minimum Gasteiger partial charge on any atom is -0.380 e. The van der Waals surface area contributed by atoms with E-state index in [1.54, 1.807) is 0 Å². The van der Waals surface area contributed by atoms with Gasteiger partial charge in [0.2, 0.25) is 0 Å². The predicted octanol–water partition coefficient (Wildman–Crippen LogP) is 1.83. The second-order valence-electron chi connectivity index (χ2n) is 2.36. The number of carbonyl (C=O) groups excluding carboxylic acids is 1. The molecule has 0 atom stereocenters. The van der Waals surface area contributed by atoms with Crippen LogP contribution < -0.4 is 0 Å². The van der Waals surface area contributed by atoms with Crippen molar-refractivity contribution in [2.75, 3.05) is 7.11 Å². The highest BCUT2D eigenvalue weighted by molar-refractivity contribution is 6.30. The van der Waals surface area contributed by atoms with Gasteiger partial charge in [-0.05, 0) is 6.07 Å². The van der Waals surface area contributed by atoms with E-state index in [-0.39, 0.29) is 17.5 Å². The van der Waals surface area contributed by atoms with Crippen LogP contribution in [0.1, 0.15) is 16.1 Å². The maximum atomic E-state index is 12.9. The number of methoxy groups -OCH3 is 1. The van der Waals surface area contributed by atoms with Crippen molar-refractivity contribution in [2.45, 2.75) is 6.61 Å². The molecule has 0 spiro atoms. The van der Waals surface area contributed by atoms with Crippen molar-refractivity contribution in [3.8, 4) is 0 Å². The van der Waals surface area contributed by atoms with Gasteiger partial charge in [-0.1, -0.05) is 11.6 Å². The molecule has 0 aliphatic heterocycles. The Bertz CT molecular complexity index is 330. The van der Waals surface area contributed by atoms with Gasteiger partial charge < -0.3 is 4.74 Å². The number of nitrogens with zero attached hydrogens (tertiary/aromatic N) is 1. The van der Waals surface area contributed by atoms with Crippen molar-refractivity contribution in [3.63, 3.8) is 0 Å². The Labute approximate surface area is 79.5 Å². The van der Waals surface area contributed by atoms with E-state index in [9.17, 15) is 9.18 Å². The summed E-state index contributed by atoms with van der Waals surface area (Å²) in [6, 6.07) is 1.14. The third kappa shape index (κ3) is 2.23. The van der Waals surface area contributed by atoms with Gasteiger partial charge in [0.1, 0.15) is 10.8 Å². The molecular weight excluding hydrogens is 197 g/mol. The Kier molecular flexibility index (Phi) is 3.33. The molecule has 13 heavy (non-hydrogen) atoms. The molecule has 0 aliphatic carbocycles. The van der Waals surface area contributed by atoms with Gasteiger partial charge in [-0.15, -0.1) is 0 Å². The Balaban J connectivity index is 3.12. The number of aromatic nitrogens is 1. The molecule has 0 bridgehead atoms. The van der Waals surface area contributed by atoms with Gasteiger partial charge in [0.05, 0.1) is 6.61 Å². The standard InChI is InChI=1S/C8H7ClFNO2/c1-13-4-5-2-6(10)7(3-12)11-8(5)9/h2-3H,4H2,1H3. The van der Waals surface area contributed by atoms with Crippen LogP contribution in [0.5, 0.6) is 0 Å². The molecule has 0 amide bonds. The Hall–Kier alpha value is -1.00. The van der Waals surface area contributed by atoms with Gasteiger partial charge >= 0.3 is 0 Å². The summed E-state index contributed by atoms with van der Waals surface area (Å²) in [6.45, 7) is 0.169. The fourth-order valence-corrected chi connectivity index (χ4v) is 1.06. The molecule has 1 aromatic rings. The van der Waals surface area contributed by atoms with Gasteiger partial charge in [0, 0.05) is 12.7 Å². The molecule has 1 aromatic heterocycles. The summed E-state index contributed by atoms with van der Waals surface area (Å²) in [5.41, 5.74) is 0.136. The van der Waals surface area contributed by atoms with E-state index in [4.69, 9.17) is 16.3 Å². The number of pyridine rings is 1. The van der Waals surface area contributed by atoms with Crippen molar-refractivity contribution in [3.05, 3.63) is 28.3 Å². The van der Waals surface area contributed by atoms with Crippen molar-refractivity contribution in [2.24, 2.45) is 0 Å². The normalized spacial score (nSPS) is 10.1. The van der Waals surface area contributed by atoms with Gasteiger partial charge in [-0.3, -0.25) is 4.79 Å². The highest BCUT2D eigenvalue weighted by Crippen LogP contribution is 2.16. The van der Waals surface area contributed by atoms with E-state index in [0.29, 0.717) is 11.8 Å². The molecular formula is C8H7ClFNO2. The van der Waals surface area contributed by atoms with Crippen LogP contribution in [0.3, 0.4) is 0 Å². The number of ether oxygens (including phenoxy) is 1. The van der Waals surface area contributed by atoms with E-state index in [0.717, 1.165) is 6.07 Å². The number of carbonyl (C=O) groups is 1. The molecule has 1 rings (SSSR count). The highest BCUT2D eigenvalue weighted by Gasteiger charge is 2.09. The minimum absolute atomic E-state index is 0.0883. The average Bonchev–Trinajstić information content (AvgIpc) is 2.11. The topological polar surface area (TPSA) is 39.2 Å². The fraction of sp³-hybridized carbons (Fsp3) is 0.250. The Morgan fingerprint density at radius 3 is 3.00 bits per heavy atom. The number of aldehydes is 1. The summed E-state index contributed by atoms with van der Waals surface area (Å²) in [6.07, 6.45) is 0.317. The van der Waals surface area contributed by atoms with Crippen LogP contribution in [0.25, 0.3) is 0 Å². The van der Waals surface area contributed by atoms with E-state index < -0.39 is 5.82 Å². The first kappa shape index (κ1) is 10.1. The van der Waals surface area contributed by atoms with E-state index in [1.807, 2.05) is 0 Å². The van der Waals surface area contributed by atoms with Crippen molar-refractivity contribution >= 4 is 17.9 Å². The quantitative estimate of drug-likeness (QED) is 0.556. The lowest BCUT2D eigenvalue weighted by Gasteiger charge is -2.03. The van der Waals surface area contributed by atoms with Gasteiger partial charge in [0.15, 0.2) is 12.1 Å². The highest BCUT2D eigenvalue weighted by atomic mass is 35.5. The van der Waals surface area contributed by atoms with Gasteiger partial charge in [0.25, 0.3) is 0 Å². The first-order valence-electron chi connectivity index (χ1n) is 3.48. The van der Waals surface area contributed by atoms with Crippen LogP contribution in [0.2, 0.25) is 5.15 Å². The second kappa shape index (κ2) is 4.30. The van der Waals surface area contributed by atoms with Crippen LogP contribution >= 0.6 is 11.6 Å². The van der Waals surface area contributed by atoms with Crippen LogP contribution in [0, 0.1) is 5.82 Å². The van der Waals surface area contributed by atoms with E-state index in [1.165, 1.54) is 7.11 Å². The van der Waals surface area contributed by atoms with E-state index >= 15 is 0 Å². The smallest absolute Gasteiger partial charge is 0.171 e. The maximum Gasteiger partial charge on any atom is 0.171 e. The molecule has 0 radical (unpaired) electrons. The SMILES string of the molecule is COCc1cc(F)c(C=O)nc1Cl. The average molecular weight is 204 g/mol. The second-order valence-corrected chi connectivity index (χ2v) is 2.71. The van der Waals surface area contributed by atoms with Crippen LogP contribution in [-0.2, 0) is 11.3 Å². The Morgan fingerprint density at radius 1 is 1.77 bits per heavy atom.